The largest absolute Gasteiger partial charge is 0.390 e. The monoisotopic (exact) mass is 747 g/mol. The summed E-state index contributed by atoms with van der Waals surface area (Å²) in [6.07, 6.45) is 0.561. The molecule has 2 aromatic rings. The molecule has 14 heteroatoms. The second kappa shape index (κ2) is 16.0. The third kappa shape index (κ3) is 7.88. The first-order chi connectivity index (χ1) is 24.4. The summed E-state index contributed by atoms with van der Waals surface area (Å²) in [7, 11) is -7.73. The normalized spacial score (nSPS) is 28.7. The Balaban J connectivity index is 1.26. The molecular weight excluding hydrogens is 693 g/mol. The van der Waals surface area contributed by atoms with Crippen LogP contribution in [0.3, 0.4) is 0 Å². The van der Waals surface area contributed by atoms with Gasteiger partial charge in [-0.2, -0.15) is 4.31 Å². The Morgan fingerprint density at radius 1 is 1.04 bits per heavy atom. The Kier molecular flexibility index (Phi) is 12.1. The fourth-order valence-corrected chi connectivity index (χ4v) is 12.1. The van der Waals surface area contributed by atoms with E-state index in [4.69, 9.17) is 18.5 Å². The number of sulfonamides is 1. The lowest BCUT2D eigenvalue weighted by atomic mass is 9.65. The van der Waals surface area contributed by atoms with E-state index in [9.17, 15) is 22.9 Å². The van der Waals surface area contributed by atoms with Crippen LogP contribution >= 0.6 is 7.60 Å². The number of carbonyl (C=O) groups excluding carboxylic acids is 1. The number of carbonyl (C=O) groups is 1. The van der Waals surface area contributed by atoms with Crippen molar-refractivity contribution in [3.63, 3.8) is 0 Å². The number of fused-ring (bicyclic) bond motifs is 1. The maximum atomic E-state index is 14.7. The van der Waals surface area contributed by atoms with Crippen LogP contribution in [0.5, 0.6) is 0 Å². The molecule has 4 fully saturated rings. The molecule has 1 aliphatic carbocycles. The highest BCUT2D eigenvalue weighted by Crippen LogP contribution is 2.59. The van der Waals surface area contributed by atoms with Crippen molar-refractivity contribution < 1.29 is 41.4 Å². The maximum absolute atomic E-state index is 14.7. The SMILES string of the molecule is CCOP(=O)(OCC)c1ccc(S(=O)(=O)N(CC(C)C)C[C@@H](O)[C@H](Cc2ccccc2)NC(=O)C2([C@H]3C4CO[C@H]5OC[C@@H]3C5C4)CCNC2)cc1. The van der Waals surface area contributed by atoms with Crippen molar-refractivity contribution >= 4 is 28.8 Å². The van der Waals surface area contributed by atoms with Gasteiger partial charge in [-0.1, -0.05) is 44.2 Å². The van der Waals surface area contributed by atoms with E-state index in [0.717, 1.165) is 18.5 Å². The highest BCUT2D eigenvalue weighted by atomic mass is 32.2. The van der Waals surface area contributed by atoms with Crippen molar-refractivity contribution in [2.24, 2.45) is 35.0 Å². The summed E-state index contributed by atoms with van der Waals surface area (Å²) in [6, 6.07) is 14.6. The third-order valence-corrected chi connectivity index (χ3v) is 15.1. The van der Waals surface area contributed by atoms with Crippen LogP contribution in [0.25, 0.3) is 0 Å². The lowest BCUT2D eigenvalue weighted by Crippen LogP contribution is -2.57. The van der Waals surface area contributed by atoms with Crippen molar-refractivity contribution in [2.75, 3.05) is 52.6 Å². The number of benzene rings is 2. The summed E-state index contributed by atoms with van der Waals surface area (Å²) in [5.41, 5.74) is 0.220. The smallest absolute Gasteiger partial charge is 0.361 e. The Bertz CT molecular complexity index is 1630. The predicted octanol–water partition coefficient (Wildman–Crippen LogP) is 3.55. The van der Waals surface area contributed by atoms with Gasteiger partial charge in [0.25, 0.3) is 0 Å². The van der Waals surface area contributed by atoms with Crippen LogP contribution in [0.15, 0.2) is 59.5 Å². The van der Waals surface area contributed by atoms with E-state index in [-0.39, 0.29) is 72.4 Å². The van der Waals surface area contributed by atoms with Gasteiger partial charge in [0.15, 0.2) is 6.29 Å². The zero-order valence-electron chi connectivity index (χ0n) is 30.1. The van der Waals surface area contributed by atoms with E-state index in [1.807, 2.05) is 44.2 Å². The topological polar surface area (TPSA) is 153 Å². The summed E-state index contributed by atoms with van der Waals surface area (Å²) < 4.78 is 65.9. The quantitative estimate of drug-likeness (QED) is 0.205. The first-order valence-corrected chi connectivity index (χ1v) is 21.4. The van der Waals surface area contributed by atoms with Crippen LogP contribution in [0.4, 0.5) is 0 Å². The van der Waals surface area contributed by atoms with Crippen LogP contribution in [0, 0.1) is 35.0 Å². The minimum atomic E-state index is -4.12. The molecule has 282 valence electrons. The minimum Gasteiger partial charge on any atom is -0.390 e. The molecule has 2 aromatic carbocycles. The standard InChI is InChI=1S/C37H54N3O9PS/c1-5-48-50(43,49-6-2)28-12-14-29(15-13-28)51(44,45)40(20-25(3)4)21-33(41)32(18-26-10-8-7-9-11-26)39-36(42)37(16-17-38-24-37)34-27-19-30-31(34)23-47-35(30)46-22-27/h7-15,25,27,30-35,38,41H,5-6,16-24H2,1-4H3,(H,39,42)/t27?,30?,31-,32+,33-,34+,35+,37?/m1/s1. The van der Waals surface area contributed by atoms with Crippen LogP contribution in [-0.2, 0) is 44.3 Å². The molecule has 1 saturated carbocycles. The molecule has 0 radical (unpaired) electrons. The van der Waals surface area contributed by atoms with Gasteiger partial charge in [0.2, 0.25) is 15.9 Å². The molecule has 2 bridgehead atoms. The highest BCUT2D eigenvalue weighted by molar-refractivity contribution is 7.89. The average Bonchev–Trinajstić information content (AvgIpc) is 3.82. The van der Waals surface area contributed by atoms with Crippen molar-refractivity contribution in [1.29, 1.82) is 0 Å². The van der Waals surface area contributed by atoms with Crippen molar-refractivity contribution in [1.82, 2.24) is 14.9 Å². The number of aliphatic hydroxyl groups excluding tert-OH is 1. The van der Waals surface area contributed by atoms with E-state index in [2.05, 4.69) is 10.6 Å². The molecule has 3 heterocycles. The van der Waals surface area contributed by atoms with E-state index < -0.39 is 35.2 Å². The molecule has 3 unspecified atom stereocenters. The summed E-state index contributed by atoms with van der Waals surface area (Å²) in [5.74, 6) is 0.700. The van der Waals surface area contributed by atoms with E-state index in [1.165, 1.54) is 28.6 Å². The third-order valence-electron chi connectivity index (χ3n) is 11.1. The summed E-state index contributed by atoms with van der Waals surface area (Å²) in [5, 5.41) is 19.0. The fraction of sp³-hybridized carbons (Fsp3) is 0.649. The lowest BCUT2D eigenvalue weighted by Gasteiger charge is -2.41. The number of ether oxygens (including phenoxy) is 2. The summed E-state index contributed by atoms with van der Waals surface area (Å²) in [6.45, 7) is 9.91. The number of aliphatic hydroxyl groups is 1. The van der Waals surface area contributed by atoms with Crippen molar-refractivity contribution in [3.8, 4) is 0 Å². The number of amides is 1. The summed E-state index contributed by atoms with van der Waals surface area (Å²) in [4.78, 5) is 14.7. The highest BCUT2D eigenvalue weighted by Gasteiger charge is 2.63. The van der Waals surface area contributed by atoms with Gasteiger partial charge >= 0.3 is 7.60 Å². The van der Waals surface area contributed by atoms with Gasteiger partial charge in [0, 0.05) is 25.6 Å². The number of hydrogen-bond acceptors (Lipinski definition) is 10. The first kappa shape index (κ1) is 38.5. The molecule has 3 aliphatic heterocycles. The zero-order chi connectivity index (χ0) is 36.4. The Morgan fingerprint density at radius 2 is 1.73 bits per heavy atom. The maximum Gasteiger partial charge on any atom is 0.361 e. The number of nitrogens with one attached hydrogen (secondary N) is 2. The molecule has 3 saturated heterocycles. The van der Waals surface area contributed by atoms with Gasteiger partial charge in [0.05, 0.1) is 54.2 Å². The molecule has 4 aliphatic rings. The molecule has 0 spiro atoms. The van der Waals surface area contributed by atoms with Gasteiger partial charge in [-0.3, -0.25) is 9.36 Å². The van der Waals surface area contributed by atoms with E-state index in [1.54, 1.807) is 13.8 Å². The lowest BCUT2D eigenvalue weighted by molar-refractivity contribution is -0.171. The molecular formula is C37H54N3O9PS. The van der Waals surface area contributed by atoms with Crippen LogP contribution < -0.4 is 15.9 Å². The minimum absolute atomic E-state index is 0.00932. The second-order valence-corrected chi connectivity index (χ2v) is 18.8. The molecule has 12 nitrogen and oxygen atoms in total. The number of nitrogens with zero attached hydrogens (tertiary/aromatic N) is 1. The van der Waals surface area contributed by atoms with E-state index >= 15 is 0 Å². The molecule has 0 aromatic heterocycles. The van der Waals surface area contributed by atoms with Crippen LogP contribution in [-0.4, -0.2) is 94.8 Å². The Morgan fingerprint density at radius 3 is 2.35 bits per heavy atom. The van der Waals surface area contributed by atoms with E-state index in [0.29, 0.717) is 38.5 Å². The number of rotatable bonds is 17. The molecule has 8 atom stereocenters. The zero-order valence-corrected chi connectivity index (χ0v) is 31.8. The predicted molar refractivity (Wildman–Crippen MR) is 193 cm³/mol. The second-order valence-electron chi connectivity index (χ2n) is 14.8. The van der Waals surface area contributed by atoms with Crippen LogP contribution in [0.1, 0.15) is 46.1 Å². The molecule has 1 amide bonds. The average molecular weight is 748 g/mol. The Labute approximate surface area is 302 Å². The van der Waals surface area contributed by atoms with Gasteiger partial charge in [-0.15, -0.1) is 0 Å². The van der Waals surface area contributed by atoms with Crippen LogP contribution in [0.2, 0.25) is 0 Å². The van der Waals surface area contributed by atoms with Gasteiger partial charge in [-0.05, 0) is 93.2 Å². The Hall–Kier alpha value is -2.19. The molecule has 51 heavy (non-hydrogen) atoms. The van der Waals surface area contributed by atoms with Gasteiger partial charge in [0.1, 0.15) is 0 Å². The number of hydrogen-bond donors (Lipinski definition) is 3. The first-order valence-electron chi connectivity index (χ1n) is 18.4. The van der Waals surface area contributed by atoms with Gasteiger partial charge < -0.3 is 34.3 Å². The summed E-state index contributed by atoms with van der Waals surface area (Å²) >= 11 is 0. The molecule has 6 rings (SSSR count). The molecule has 3 N–H and O–H groups in total. The fourth-order valence-electron chi connectivity index (χ4n) is 8.87. The van der Waals surface area contributed by atoms with Crippen molar-refractivity contribution in [2.45, 2.75) is 70.3 Å². The van der Waals surface area contributed by atoms with Crippen molar-refractivity contribution in [3.05, 3.63) is 60.2 Å². The van der Waals surface area contributed by atoms with Gasteiger partial charge in [-0.25, -0.2) is 8.42 Å².